The molecule has 2 aliphatic rings. The van der Waals surface area contributed by atoms with Crippen LogP contribution in [0.15, 0.2) is 70.5 Å². The van der Waals surface area contributed by atoms with Gasteiger partial charge in [0.2, 0.25) is 23.7 Å². The number of carboxylic acids is 4. The summed E-state index contributed by atoms with van der Waals surface area (Å²) >= 11 is 6.52. The number of hydrogen-bond acceptors (Lipinski definition) is 30. The zero-order valence-corrected chi connectivity index (χ0v) is 76.7. The predicted octanol–water partition coefficient (Wildman–Crippen LogP) is 7.93. The van der Waals surface area contributed by atoms with Crippen molar-refractivity contribution in [2.24, 2.45) is 23.7 Å². The fourth-order valence-electron chi connectivity index (χ4n) is 13.5. The molecule has 38 nitrogen and oxygen atoms in total. The third-order valence-corrected chi connectivity index (χ3v) is 28.3. The molecular weight excluding hydrogens is 1790 g/mol. The number of benzene rings is 2. The quantitative estimate of drug-likeness (QED) is 0.0127. The number of thioether (sulfide) groups is 4. The van der Waals surface area contributed by atoms with Crippen LogP contribution < -0.4 is 43.9 Å². The van der Waals surface area contributed by atoms with Gasteiger partial charge in [0.25, 0.3) is 22.9 Å². The molecule has 4 aromatic heterocycles. The maximum atomic E-state index is 13.3. The molecule has 4 heterocycles. The number of Topliss-reactive ketones (excluding diaryl/α,β-unsaturated/α-hetero) is 4. The molecule has 8 rings (SSSR count). The van der Waals surface area contributed by atoms with Gasteiger partial charge in [0, 0.05) is 138 Å². The van der Waals surface area contributed by atoms with Gasteiger partial charge in [-0.2, -0.15) is 57.0 Å². The number of carbonyl (C=O) groups is 14. The Bertz CT molecular complexity index is 4890. The molecule has 0 spiro atoms. The van der Waals surface area contributed by atoms with Crippen LogP contribution in [0.3, 0.4) is 0 Å². The normalized spacial score (nSPS) is 15.7. The van der Waals surface area contributed by atoms with Crippen molar-refractivity contribution in [2.45, 2.75) is 204 Å². The molecule has 4 amide bonds. The minimum absolute atomic E-state index is 0. The molecule has 42 heteroatoms. The van der Waals surface area contributed by atoms with Crippen LogP contribution in [0.1, 0.15) is 188 Å². The lowest BCUT2D eigenvalue weighted by atomic mass is 9.99. The van der Waals surface area contributed by atoms with Crippen LogP contribution in [0.2, 0.25) is 0 Å². The number of carboxylic acid groups (broad SMARTS) is 4. The number of amides is 4. The summed E-state index contributed by atoms with van der Waals surface area (Å²) in [6.07, 6.45) is 9.98. The summed E-state index contributed by atoms with van der Waals surface area (Å²) in [7, 11) is 0. The molecule has 8 unspecified atom stereocenters. The SMILES string of the molecule is C.C.CCC(CSC1CCC1SCC(CC(=O)CCOCCC(C)=O)C(=O)NCCOCCOC(=O)[C@@H](CCC(=O)O)NC(=O)c1ccc(CCc2c[nH]c3nc(N)[nH]c(=O)c23)cc1)C(=O)O.CCC(CSC1CCC1SCC(CC(=O)CCOCCC(C)=O)C(=O)O)C(=O)NCCOCCOC(=O)[C@@H](CCC(=O)O)NC(=O)c1ccc(CCc2c[nH]c3nc(N)[nH]c(=O)c23)cc1. The predicted molar refractivity (Wildman–Crippen MR) is 503 cm³/mol. The van der Waals surface area contributed by atoms with Gasteiger partial charge in [0.1, 0.15) is 59.7 Å². The molecule has 10 atom stereocenters. The number of aromatic amines is 4. The van der Waals surface area contributed by atoms with Crippen molar-refractivity contribution < 1.29 is 116 Å². The van der Waals surface area contributed by atoms with E-state index in [1.54, 1.807) is 108 Å². The van der Waals surface area contributed by atoms with E-state index < -0.39 is 83.9 Å². The Balaban J connectivity index is 0.000000460. The summed E-state index contributed by atoms with van der Waals surface area (Å²) in [5.41, 5.74) is 15.1. The average molecular weight is 1920 g/mol. The standard InChI is InChI=1S/2C44H60N6O13S2.2CH4/c1-3-28(42(58)59)24-64-34-11-12-35(34)65-25-31(22-32(52)15-18-61-17-14-26(2)51)39(55)46-16-19-62-20-21-63-43(60)33(10-13-36(53)54)48-40(56)29-7-4-27(5-8-29)6-9-30-23-47-38-37(30)41(57)50-44(45)49-38;1-3-28(24-64-34-11-12-35(34)65-25-31(42(58)59)22-32(52)15-18-61-17-14-26(2)51)39(55)46-16-19-62-20-21-63-43(60)33(10-13-36(53)54)48-40(56)29-7-4-27(5-8-29)6-9-30-23-47-38-37(30)41(57)50-44(45)49-38;;/h2*4-5,7-8,23,28,31,33-35H,3,6,9-22,24-25H2,1-2H3,(H,46,55)(H,48,56)(H,53,54)(H,58,59)(H4,45,47,49,50,57);2*1H4/t2*28?,31?,33-,34?,35?;;/m11../s1. The lowest BCUT2D eigenvalue weighted by Gasteiger charge is -2.36. The van der Waals surface area contributed by atoms with Crippen molar-refractivity contribution in [3.05, 3.63) is 115 Å². The van der Waals surface area contributed by atoms with Gasteiger partial charge in [-0.3, -0.25) is 77.1 Å². The van der Waals surface area contributed by atoms with Gasteiger partial charge < -0.3 is 91.5 Å². The number of aryl methyl sites for hydroxylation is 4. The van der Waals surface area contributed by atoms with Gasteiger partial charge in [0.15, 0.2) is 0 Å². The molecule has 132 heavy (non-hydrogen) atoms. The minimum Gasteiger partial charge on any atom is -0.481 e. The molecule has 2 fully saturated rings. The molecule has 0 bridgehead atoms. The zero-order chi connectivity index (χ0) is 94.6. The van der Waals surface area contributed by atoms with E-state index in [1.807, 2.05) is 13.8 Å². The van der Waals surface area contributed by atoms with Crippen molar-refractivity contribution in [2.75, 3.05) is 114 Å². The van der Waals surface area contributed by atoms with E-state index in [1.165, 1.54) is 13.8 Å². The molecule has 728 valence electrons. The van der Waals surface area contributed by atoms with Gasteiger partial charge in [-0.15, -0.1) is 0 Å². The Labute approximate surface area is 782 Å². The van der Waals surface area contributed by atoms with Crippen LogP contribution in [0, 0.1) is 23.7 Å². The van der Waals surface area contributed by atoms with Crippen molar-refractivity contribution in [1.29, 1.82) is 0 Å². The first kappa shape index (κ1) is 112. The van der Waals surface area contributed by atoms with Gasteiger partial charge in [-0.25, -0.2) is 9.59 Å². The second kappa shape index (κ2) is 59.9. The number of aliphatic carboxylic acids is 4. The molecule has 2 aliphatic carbocycles. The Kier molecular flexibility index (Phi) is 50.8. The van der Waals surface area contributed by atoms with Crippen molar-refractivity contribution >= 4 is 164 Å². The number of fused-ring (bicyclic) bond motifs is 2. The fraction of sp³-hybridized carbons (Fsp3) is 0.578. The van der Waals surface area contributed by atoms with E-state index in [0.29, 0.717) is 83.6 Å². The number of nitrogen functional groups attached to an aromatic ring is 2. The van der Waals surface area contributed by atoms with E-state index in [9.17, 15) is 97.1 Å². The van der Waals surface area contributed by atoms with Crippen molar-refractivity contribution in [3.8, 4) is 0 Å². The molecular formula is C90H128N12O26S4. The number of nitrogens with one attached hydrogen (secondary N) is 8. The van der Waals surface area contributed by atoms with E-state index >= 15 is 0 Å². The van der Waals surface area contributed by atoms with E-state index in [2.05, 4.69) is 51.2 Å². The maximum Gasteiger partial charge on any atom is 0.328 e. The average Bonchev–Trinajstić information content (AvgIpc) is 1.66. The number of ketones is 4. The number of ether oxygens (including phenoxy) is 6. The number of carbonyl (C=O) groups excluding carboxylic acids is 10. The molecule has 6 aromatic rings. The number of anilines is 2. The van der Waals surface area contributed by atoms with Gasteiger partial charge in [-0.1, -0.05) is 53.0 Å². The third kappa shape index (κ3) is 39.7. The number of hydrogen-bond donors (Lipinski definition) is 14. The van der Waals surface area contributed by atoms with Gasteiger partial charge in [-0.05, 0) is 137 Å². The highest BCUT2D eigenvalue weighted by atomic mass is 32.2. The van der Waals surface area contributed by atoms with E-state index in [-0.39, 0.29) is 248 Å². The fourth-order valence-corrected chi connectivity index (χ4v) is 20.3. The van der Waals surface area contributed by atoms with Crippen LogP contribution in [0.25, 0.3) is 22.1 Å². The number of nitrogens with zero attached hydrogens (tertiary/aromatic N) is 2. The Morgan fingerprint density at radius 3 is 1.16 bits per heavy atom. The minimum atomic E-state index is -1.25. The highest BCUT2D eigenvalue weighted by Crippen LogP contribution is 2.43. The lowest BCUT2D eigenvalue weighted by Crippen LogP contribution is -2.42. The highest BCUT2D eigenvalue weighted by Gasteiger charge is 2.37. The number of rotatable bonds is 64. The monoisotopic (exact) mass is 1920 g/mol. The number of esters is 2. The van der Waals surface area contributed by atoms with Crippen LogP contribution >= 0.6 is 47.0 Å². The summed E-state index contributed by atoms with van der Waals surface area (Å²) in [6.45, 7) is 7.60. The summed E-state index contributed by atoms with van der Waals surface area (Å²) in [5.74, 6) is -7.97. The first-order chi connectivity index (χ1) is 62.3. The summed E-state index contributed by atoms with van der Waals surface area (Å²) in [6, 6.07) is 10.8. The molecule has 2 aromatic carbocycles. The molecule has 0 radical (unpaired) electrons. The summed E-state index contributed by atoms with van der Waals surface area (Å²) in [4.78, 5) is 216. The molecule has 0 saturated heterocycles. The van der Waals surface area contributed by atoms with Crippen molar-refractivity contribution in [3.63, 3.8) is 0 Å². The lowest BCUT2D eigenvalue weighted by molar-refractivity contribution is -0.149. The number of nitrogens with two attached hydrogens (primary N) is 2. The van der Waals surface area contributed by atoms with Crippen LogP contribution in [-0.4, -0.2) is 268 Å². The van der Waals surface area contributed by atoms with Gasteiger partial charge in [0.05, 0.1) is 81.4 Å². The second-order valence-corrected chi connectivity index (χ2v) is 36.6. The van der Waals surface area contributed by atoms with Gasteiger partial charge >= 0.3 is 35.8 Å². The topological polar surface area (TPSA) is 599 Å². The zero-order valence-electron chi connectivity index (χ0n) is 73.5. The first-order valence-corrected chi connectivity index (χ1v) is 47.6. The first-order valence-electron chi connectivity index (χ1n) is 43.4. The third-order valence-electron chi connectivity index (χ3n) is 21.6. The van der Waals surface area contributed by atoms with Crippen molar-refractivity contribution in [1.82, 2.24) is 51.2 Å². The summed E-state index contributed by atoms with van der Waals surface area (Å²) in [5, 5.41) is 50.3. The Hall–Kier alpha value is -10.5. The highest BCUT2D eigenvalue weighted by molar-refractivity contribution is 8.04. The number of aromatic nitrogens is 6. The summed E-state index contributed by atoms with van der Waals surface area (Å²) < 4.78 is 32.4. The Morgan fingerprint density at radius 2 is 0.795 bits per heavy atom. The van der Waals surface area contributed by atoms with Crippen LogP contribution in [0.5, 0.6) is 0 Å². The molecule has 0 aliphatic heterocycles. The smallest absolute Gasteiger partial charge is 0.328 e. The molecule has 2 saturated carbocycles. The second-order valence-electron chi connectivity index (χ2n) is 31.5. The van der Waals surface area contributed by atoms with E-state index in [0.717, 1.165) is 47.9 Å². The molecule has 16 N–H and O–H groups in total. The van der Waals surface area contributed by atoms with E-state index in [4.69, 9.17) is 39.9 Å². The van der Waals surface area contributed by atoms with Crippen LogP contribution in [0.4, 0.5) is 11.9 Å². The van der Waals surface area contributed by atoms with Crippen LogP contribution in [-0.2, 0) is 112 Å². The maximum absolute atomic E-state index is 13.3. The largest absolute Gasteiger partial charge is 0.481 e. The number of H-pyrrole nitrogens is 4. The Morgan fingerprint density at radius 1 is 0.447 bits per heavy atom.